The van der Waals surface area contributed by atoms with Crippen molar-refractivity contribution in [1.29, 1.82) is 0 Å². The number of benzene rings is 1. The van der Waals surface area contributed by atoms with Gasteiger partial charge in [0.05, 0.1) is 13.2 Å². The second-order valence-corrected chi connectivity index (χ2v) is 4.71. The summed E-state index contributed by atoms with van der Waals surface area (Å²) in [7, 11) is 1.54. The lowest BCUT2D eigenvalue weighted by molar-refractivity contribution is 0.0561. The Morgan fingerprint density at radius 1 is 1.53 bits per heavy atom. The molecule has 5 nitrogen and oxygen atoms in total. The van der Waals surface area contributed by atoms with Gasteiger partial charge in [-0.2, -0.15) is 0 Å². The number of nitrogen functional groups attached to an aromatic ring is 1. The van der Waals surface area contributed by atoms with E-state index in [1.807, 2.05) is 6.92 Å². The summed E-state index contributed by atoms with van der Waals surface area (Å²) in [6, 6.07) is 5.24. The van der Waals surface area contributed by atoms with Crippen molar-refractivity contribution in [2.75, 3.05) is 32.5 Å². The zero-order valence-corrected chi connectivity index (χ0v) is 11.4. The lowest BCUT2D eigenvalue weighted by Crippen LogP contribution is -2.36. The molecule has 2 rings (SSSR count). The minimum Gasteiger partial charge on any atom is -0.496 e. The van der Waals surface area contributed by atoms with E-state index in [0.29, 0.717) is 36.7 Å². The van der Waals surface area contributed by atoms with E-state index in [0.717, 1.165) is 6.42 Å². The van der Waals surface area contributed by atoms with Crippen molar-refractivity contribution in [3.8, 4) is 5.75 Å². The van der Waals surface area contributed by atoms with E-state index in [2.05, 4.69) is 0 Å². The third kappa shape index (κ3) is 2.98. The molecular formula is C14H20N2O3. The average molecular weight is 264 g/mol. The monoisotopic (exact) mass is 264 g/mol. The molecule has 1 aromatic rings. The van der Waals surface area contributed by atoms with Crippen LogP contribution in [0.25, 0.3) is 0 Å². The molecule has 1 aromatic carbocycles. The molecule has 19 heavy (non-hydrogen) atoms. The fourth-order valence-corrected chi connectivity index (χ4v) is 2.28. The quantitative estimate of drug-likeness (QED) is 0.823. The van der Waals surface area contributed by atoms with Crippen molar-refractivity contribution in [1.82, 2.24) is 4.90 Å². The number of carbonyl (C=O) groups is 1. The van der Waals surface area contributed by atoms with Crippen LogP contribution in [0.1, 0.15) is 23.7 Å². The molecule has 1 aliphatic rings. The van der Waals surface area contributed by atoms with Gasteiger partial charge in [0.25, 0.3) is 5.91 Å². The average Bonchev–Trinajstić information content (AvgIpc) is 2.62. The van der Waals surface area contributed by atoms with Crippen LogP contribution in [0.3, 0.4) is 0 Å². The predicted molar refractivity (Wildman–Crippen MR) is 73.3 cm³/mol. The highest BCUT2D eigenvalue weighted by Crippen LogP contribution is 2.26. The highest BCUT2D eigenvalue weighted by atomic mass is 16.5. The highest BCUT2D eigenvalue weighted by molar-refractivity contribution is 6.01. The first-order valence-electron chi connectivity index (χ1n) is 6.47. The molecule has 0 saturated carbocycles. The molecule has 2 N–H and O–H groups in total. The van der Waals surface area contributed by atoms with Gasteiger partial charge in [-0.05, 0) is 25.5 Å². The van der Waals surface area contributed by atoms with Gasteiger partial charge in [-0.25, -0.2) is 0 Å². The molecule has 0 spiro atoms. The molecule has 1 saturated heterocycles. The molecular weight excluding hydrogens is 244 g/mol. The van der Waals surface area contributed by atoms with Crippen LogP contribution in [0.4, 0.5) is 5.69 Å². The summed E-state index contributed by atoms with van der Waals surface area (Å²) in [5, 5.41) is 0. The maximum absolute atomic E-state index is 12.6. The largest absolute Gasteiger partial charge is 0.496 e. The standard InChI is InChI=1S/C14H20N2O3/c1-10-9-16(7-4-8-19-10)14(17)13-11(15)5-3-6-12(13)18-2/h3,5-6,10H,4,7-9,15H2,1-2H3. The molecule has 104 valence electrons. The van der Waals surface area contributed by atoms with Gasteiger partial charge in [-0.3, -0.25) is 4.79 Å². The number of nitrogens with two attached hydrogens (primary N) is 1. The second-order valence-electron chi connectivity index (χ2n) is 4.71. The van der Waals surface area contributed by atoms with E-state index >= 15 is 0 Å². The van der Waals surface area contributed by atoms with Gasteiger partial charge in [0.15, 0.2) is 0 Å². The third-order valence-electron chi connectivity index (χ3n) is 3.23. The molecule has 0 aromatic heterocycles. The molecule has 1 fully saturated rings. The first kappa shape index (κ1) is 13.7. The van der Waals surface area contributed by atoms with Gasteiger partial charge in [-0.1, -0.05) is 6.07 Å². The first-order chi connectivity index (χ1) is 9.13. The van der Waals surface area contributed by atoms with E-state index in [1.165, 1.54) is 0 Å². The van der Waals surface area contributed by atoms with Gasteiger partial charge >= 0.3 is 0 Å². The summed E-state index contributed by atoms with van der Waals surface area (Å²) in [5.41, 5.74) is 6.81. The SMILES string of the molecule is COc1cccc(N)c1C(=O)N1CCCOC(C)C1. The van der Waals surface area contributed by atoms with Crippen LogP contribution in [-0.2, 0) is 4.74 Å². The Morgan fingerprint density at radius 3 is 3.05 bits per heavy atom. The topological polar surface area (TPSA) is 64.8 Å². The molecule has 0 aliphatic carbocycles. The molecule has 0 radical (unpaired) electrons. The van der Waals surface area contributed by atoms with Crippen LogP contribution in [0.15, 0.2) is 18.2 Å². The third-order valence-corrected chi connectivity index (χ3v) is 3.23. The van der Waals surface area contributed by atoms with Crippen LogP contribution in [0, 0.1) is 0 Å². The van der Waals surface area contributed by atoms with E-state index in [9.17, 15) is 4.79 Å². The summed E-state index contributed by atoms with van der Waals surface area (Å²) in [4.78, 5) is 14.4. The van der Waals surface area contributed by atoms with E-state index in [4.69, 9.17) is 15.2 Å². The van der Waals surface area contributed by atoms with Gasteiger partial charge < -0.3 is 20.1 Å². The smallest absolute Gasteiger partial charge is 0.259 e. The Hall–Kier alpha value is -1.75. The molecule has 1 unspecified atom stereocenters. The number of hydrogen-bond donors (Lipinski definition) is 1. The van der Waals surface area contributed by atoms with Crippen molar-refractivity contribution in [3.63, 3.8) is 0 Å². The van der Waals surface area contributed by atoms with Crippen LogP contribution < -0.4 is 10.5 Å². The van der Waals surface area contributed by atoms with Crippen molar-refractivity contribution in [3.05, 3.63) is 23.8 Å². The van der Waals surface area contributed by atoms with Gasteiger partial charge in [0.1, 0.15) is 11.3 Å². The number of methoxy groups -OCH3 is 1. The van der Waals surface area contributed by atoms with Crippen molar-refractivity contribution < 1.29 is 14.3 Å². The summed E-state index contributed by atoms with van der Waals surface area (Å²) in [6.07, 6.45) is 0.882. The van der Waals surface area contributed by atoms with Crippen molar-refractivity contribution in [2.24, 2.45) is 0 Å². The summed E-state index contributed by atoms with van der Waals surface area (Å²) >= 11 is 0. The normalized spacial score (nSPS) is 19.9. The zero-order valence-electron chi connectivity index (χ0n) is 11.4. The number of carbonyl (C=O) groups excluding carboxylic acids is 1. The van der Waals surface area contributed by atoms with E-state index < -0.39 is 0 Å². The Balaban J connectivity index is 2.28. The van der Waals surface area contributed by atoms with E-state index in [-0.39, 0.29) is 12.0 Å². The lowest BCUT2D eigenvalue weighted by atomic mass is 10.1. The lowest BCUT2D eigenvalue weighted by Gasteiger charge is -2.23. The van der Waals surface area contributed by atoms with Gasteiger partial charge in [-0.15, -0.1) is 0 Å². The minimum absolute atomic E-state index is 0.0439. The maximum Gasteiger partial charge on any atom is 0.259 e. The van der Waals surface area contributed by atoms with Crippen LogP contribution in [0.5, 0.6) is 5.75 Å². The Kier molecular flexibility index (Phi) is 4.27. The summed E-state index contributed by atoms with van der Waals surface area (Å²) in [5.74, 6) is 0.426. The molecule has 0 bridgehead atoms. The van der Waals surface area contributed by atoms with Gasteiger partial charge in [0, 0.05) is 25.4 Å². The zero-order chi connectivity index (χ0) is 13.8. The Bertz CT molecular complexity index is 462. The number of ether oxygens (including phenoxy) is 2. The number of anilines is 1. The molecule has 1 amide bonds. The molecule has 1 atom stereocenters. The summed E-state index contributed by atoms with van der Waals surface area (Å²) in [6.45, 7) is 3.92. The fourth-order valence-electron chi connectivity index (χ4n) is 2.28. The van der Waals surface area contributed by atoms with Crippen LogP contribution in [0.2, 0.25) is 0 Å². The maximum atomic E-state index is 12.6. The molecule has 1 aliphatic heterocycles. The van der Waals surface area contributed by atoms with Crippen LogP contribution >= 0.6 is 0 Å². The number of amides is 1. The van der Waals surface area contributed by atoms with Gasteiger partial charge in [0.2, 0.25) is 0 Å². The molecule has 5 heteroatoms. The number of nitrogens with zero attached hydrogens (tertiary/aromatic N) is 1. The second kappa shape index (κ2) is 5.93. The number of hydrogen-bond acceptors (Lipinski definition) is 4. The summed E-state index contributed by atoms with van der Waals surface area (Å²) < 4.78 is 10.8. The first-order valence-corrected chi connectivity index (χ1v) is 6.47. The fraction of sp³-hybridized carbons (Fsp3) is 0.500. The highest BCUT2D eigenvalue weighted by Gasteiger charge is 2.25. The van der Waals surface area contributed by atoms with Crippen LogP contribution in [-0.4, -0.2) is 43.7 Å². The minimum atomic E-state index is -0.0905. The Morgan fingerprint density at radius 2 is 2.32 bits per heavy atom. The van der Waals surface area contributed by atoms with Crippen molar-refractivity contribution >= 4 is 11.6 Å². The van der Waals surface area contributed by atoms with Crippen molar-refractivity contribution in [2.45, 2.75) is 19.4 Å². The predicted octanol–water partition coefficient (Wildman–Crippen LogP) is 1.53. The Labute approximate surface area is 113 Å². The number of rotatable bonds is 2. The van der Waals surface area contributed by atoms with E-state index in [1.54, 1.807) is 30.2 Å². The molecule has 1 heterocycles.